The normalized spacial score (nSPS) is 11.9. The van der Waals surface area contributed by atoms with E-state index in [9.17, 15) is 14.4 Å². The van der Waals surface area contributed by atoms with Crippen LogP contribution in [0.5, 0.6) is 5.75 Å². The molecule has 2 heterocycles. The van der Waals surface area contributed by atoms with Crippen molar-refractivity contribution in [2.75, 3.05) is 13.2 Å². The molecule has 1 unspecified atom stereocenters. The van der Waals surface area contributed by atoms with Crippen LogP contribution in [0.4, 0.5) is 0 Å². The molecule has 3 rings (SSSR count). The Morgan fingerprint density at radius 2 is 1.80 bits per heavy atom. The third kappa shape index (κ3) is 6.09. The number of ether oxygens (including phenoxy) is 2. The zero-order valence-corrected chi connectivity index (χ0v) is 20.9. The van der Waals surface area contributed by atoms with Crippen LogP contribution >= 0.6 is 0 Å². The van der Waals surface area contributed by atoms with Crippen molar-refractivity contribution in [2.45, 2.75) is 65.8 Å². The minimum Gasteiger partial charge on any atom is -0.494 e. The second-order valence-electron chi connectivity index (χ2n) is 8.24. The van der Waals surface area contributed by atoms with Crippen LogP contribution in [0.3, 0.4) is 0 Å². The molecular formula is C26H34N4O5. The molecule has 0 bridgehead atoms. The van der Waals surface area contributed by atoms with Crippen LogP contribution < -0.4 is 15.6 Å². The summed E-state index contributed by atoms with van der Waals surface area (Å²) >= 11 is 0. The van der Waals surface area contributed by atoms with E-state index in [4.69, 9.17) is 9.47 Å². The van der Waals surface area contributed by atoms with E-state index in [1.807, 2.05) is 13.8 Å². The van der Waals surface area contributed by atoms with Gasteiger partial charge >= 0.3 is 5.97 Å². The number of aromatic nitrogens is 3. The number of carbonyl (C=O) groups is 2. The van der Waals surface area contributed by atoms with E-state index in [2.05, 4.69) is 17.3 Å². The summed E-state index contributed by atoms with van der Waals surface area (Å²) < 4.78 is 13.1. The Bertz CT molecular complexity index is 1210. The van der Waals surface area contributed by atoms with Crippen LogP contribution in [-0.2, 0) is 4.74 Å². The Morgan fingerprint density at radius 3 is 2.43 bits per heavy atom. The van der Waals surface area contributed by atoms with Crippen LogP contribution in [0.2, 0.25) is 0 Å². The summed E-state index contributed by atoms with van der Waals surface area (Å²) in [5.74, 6) is -0.349. The van der Waals surface area contributed by atoms with Gasteiger partial charge in [-0.3, -0.25) is 14.2 Å². The average Bonchev–Trinajstić information content (AvgIpc) is 3.29. The van der Waals surface area contributed by atoms with E-state index in [-0.39, 0.29) is 35.5 Å². The molecule has 35 heavy (non-hydrogen) atoms. The minimum absolute atomic E-state index is 0.00533. The Hall–Kier alpha value is -3.62. The van der Waals surface area contributed by atoms with Crippen molar-refractivity contribution >= 4 is 17.4 Å². The van der Waals surface area contributed by atoms with Crippen LogP contribution in [0.15, 0.2) is 41.3 Å². The molecule has 2 aromatic heterocycles. The number of unbranched alkanes of at least 4 members (excludes halogenated alkanes) is 2. The second kappa shape index (κ2) is 12.2. The van der Waals surface area contributed by atoms with Crippen molar-refractivity contribution in [3.63, 3.8) is 0 Å². The Kier molecular flexibility index (Phi) is 9.05. The molecule has 1 N–H and O–H groups in total. The van der Waals surface area contributed by atoms with Crippen molar-refractivity contribution in [2.24, 2.45) is 0 Å². The summed E-state index contributed by atoms with van der Waals surface area (Å²) in [6.07, 6.45) is 6.33. The van der Waals surface area contributed by atoms with E-state index in [0.717, 1.165) is 32.1 Å². The molecular weight excluding hydrogens is 448 g/mol. The van der Waals surface area contributed by atoms with Crippen molar-refractivity contribution in [3.8, 4) is 11.4 Å². The Balaban J connectivity index is 2.09. The van der Waals surface area contributed by atoms with Gasteiger partial charge in [0, 0.05) is 17.8 Å². The number of fused-ring (bicyclic) bond motifs is 1. The number of carbonyl (C=O) groups excluding carboxylic acids is 2. The van der Waals surface area contributed by atoms with Crippen LogP contribution in [0, 0.1) is 0 Å². The predicted molar refractivity (Wildman–Crippen MR) is 134 cm³/mol. The van der Waals surface area contributed by atoms with Gasteiger partial charge in [-0.05, 0) is 51.0 Å². The van der Waals surface area contributed by atoms with Crippen molar-refractivity contribution in [1.29, 1.82) is 0 Å². The number of nitrogens with zero attached hydrogens (tertiary/aromatic N) is 3. The highest BCUT2D eigenvalue weighted by Gasteiger charge is 2.22. The lowest BCUT2D eigenvalue weighted by Crippen LogP contribution is -2.38. The summed E-state index contributed by atoms with van der Waals surface area (Å²) in [4.78, 5) is 39.2. The smallest absolute Gasteiger partial charge is 0.358 e. The topological polar surface area (TPSA) is 104 Å². The summed E-state index contributed by atoms with van der Waals surface area (Å²) in [5, 5.41) is 7.27. The lowest BCUT2D eigenvalue weighted by atomic mass is 10.1. The molecule has 0 aliphatic rings. The standard InChI is InChI=1S/C26H34N4O5/c1-5-9-10-11-18(6-2)27-24(31)23-17-29-22(16-21(28-29)26(33)35-8-4)25(32)30(23)19-12-14-20(15-13-19)34-7-3/h12-18H,5-11H2,1-4H3,(H,27,31). The van der Waals surface area contributed by atoms with Gasteiger partial charge < -0.3 is 14.8 Å². The maximum atomic E-state index is 13.6. The van der Waals surface area contributed by atoms with Gasteiger partial charge in [0.25, 0.3) is 11.5 Å². The van der Waals surface area contributed by atoms with Crippen LogP contribution in [0.25, 0.3) is 11.2 Å². The predicted octanol–water partition coefficient (Wildman–Crippen LogP) is 4.15. The number of hydrogen-bond acceptors (Lipinski definition) is 6. The van der Waals surface area contributed by atoms with Gasteiger partial charge in [0.1, 0.15) is 17.0 Å². The Labute approximate surface area is 205 Å². The first-order valence-corrected chi connectivity index (χ1v) is 12.3. The molecule has 0 saturated carbocycles. The van der Waals surface area contributed by atoms with Gasteiger partial charge in [0.15, 0.2) is 5.69 Å². The van der Waals surface area contributed by atoms with Gasteiger partial charge in [-0.1, -0.05) is 33.1 Å². The van der Waals surface area contributed by atoms with Gasteiger partial charge in [0.05, 0.1) is 19.4 Å². The molecule has 188 valence electrons. The molecule has 0 spiro atoms. The second-order valence-corrected chi connectivity index (χ2v) is 8.24. The fourth-order valence-electron chi connectivity index (χ4n) is 3.91. The van der Waals surface area contributed by atoms with E-state index in [0.29, 0.717) is 18.0 Å². The molecule has 3 aromatic rings. The van der Waals surface area contributed by atoms with E-state index in [1.54, 1.807) is 31.2 Å². The lowest BCUT2D eigenvalue weighted by molar-refractivity contribution is 0.0519. The number of benzene rings is 1. The maximum absolute atomic E-state index is 13.6. The highest BCUT2D eigenvalue weighted by molar-refractivity contribution is 5.94. The van der Waals surface area contributed by atoms with Crippen molar-refractivity contribution in [1.82, 2.24) is 19.5 Å². The lowest BCUT2D eigenvalue weighted by Gasteiger charge is -2.19. The SMILES string of the molecule is CCCCCC(CC)NC(=O)c1cn2nc(C(=O)OCC)cc2c(=O)n1-c1ccc(OCC)cc1. The molecule has 0 saturated heterocycles. The average molecular weight is 483 g/mol. The number of hydrogen-bond donors (Lipinski definition) is 1. The third-order valence-electron chi connectivity index (χ3n) is 5.75. The quantitative estimate of drug-likeness (QED) is 0.307. The Morgan fingerprint density at radius 1 is 1.06 bits per heavy atom. The van der Waals surface area contributed by atoms with Gasteiger partial charge in [-0.15, -0.1) is 0 Å². The van der Waals surface area contributed by atoms with E-state index in [1.165, 1.54) is 21.3 Å². The highest BCUT2D eigenvalue weighted by atomic mass is 16.5. The molecule has 9 heteroatoms. The van der Waals surface area contributed by atoms with Crippen LogP contribution in [0.1, 0.15) is 80.8 Å². The first kappa shape index (κ1) is 26.0. The molecule has 0 fully saturated rings. The number of rotatable bonds is 12. The fourth-order valence-corrected chi connectivity index (χ4v) is 3.91. The summed E-state index contributed by atoms with van der Waals surface area (Å²) in [6, 6.07) is 8.31. The van der Waals surface area contributed by atoms with Crippen LogP contribution in [-0.4, -0.2) is 45.3 Å². The molecule has 0 aliphatic carbocycles. The summed E-state index contributed by atoms with van der Waals surface area (Å²) in [6.45, 7) is 8.45. The van der Waals surface area contributed by atoms with Crippen molar-refractivity contribution < 1.29 is 19.1 Å². The third-order valence-corrected chi connectivity index (χ3v) is 5.75. The van der Waals surface area contributed by atoms with Crippen molar-refractivity contribution in [3.05, 3.63) is 58.3 Å². The first-order valence-electron chi connectivity index (χ1n) is 12.3. The molecule has 1 amide bonds. The van der Waals surface area contributed by atoms with E-state index >= 15 is 0 Å². The largest absolute Gasteiger partial charge is 0.494 e. The first-order chi connectivity index (χ1) is 16.9. The molecule has 1 atom stereocenters. The number of amides is 1. The molecule has 1 aromatic carbocycles. The molecule has 9 nitrogen and oxygen atoms in total. The monoisotopic (exact) mass is 482 g/mol. The highest BCUT2D eigenvalue weighted by Crippen LogP contribution is 2.18. The van der Waals surface area contributed by atoms with Gasteiger partial charge in [-0.2, -0.15) is 5.10 Å². The molecule has 0 aliphatic heterocycles. The fraction of sp³-hybridized carbons (Fsp3) is 0.462. The molecule has 0 radical (unpaired) electrons. The minimum atomic E-state index is -0.629. The maximum Gasteiger partial charge on any atom is 0.358 e. The summed E-state index contributed by atoms with van der Waals surface area (Å²) in [7, 11) is 0. The number of nitrogens with one attached hydrogen (secondary N) is 1. The van der Waals surface area contributed by atoms with Gasteiger partial charge in [0.2, 0.25) is 0 Å². The zero-order valence-electron chi connectivity index (χ0n) is 20.9. The summed E-state index contributed by atoms with van der Waals surface area (Å²) in [5.41, 5.74) is 0.325. The zero-order chi connectivity index (χ0) is 25.4. The number of esters is 1. The van der Waals surface area contributed by atoms with E-state index < -0.39 is 11.5 Å². The van der Waals surface area contributed by atoms with Gasteiger partial charge in [-0.25, -0.2) is 9.31 Å².